The molecule has 2 heterocycles. The van der Waals surface area contributed by atoms with Gasteiger partial charge in [-0.25, -0.2) is 33.6 Å². The molecule has 53 nitrogen and oxygen atoms in total. The predicted molar refractivity (Wildman–Crippen MR) is 431 cm³/mol. The van der Waals surface area contributed by atoms with Crippen molar-refractivity contribution in [2.75, 3.05) is 28.4 Å². The first-order valence-corrected chi connectivity index (χ1v) is 35.7. The number of carbonyl (C=O) groups excluding carboxylic acids is 16. The predicted octanol–water partition coefficient (Wildman–Crippen LogP) is -1.97. The number of amides is 8. The van der Waals surface area contributed by atoms with E-state index in [1.54, 1.807) is 83.1 Å². The van der Waals surface area contributed by atoms with E-state index in [9.17, 15) is 115 Å². The Labute approximate surface area is 767 Å². The van der Waals surface area contributed by atoms with E-state index in [0.29, 0.717) is 0 Å². The molecule has 0 saturated carbocycles. The van der Waals surface area contributed by atoms with Crippen LogP contribution in [0.4, 0.5) is 19.2 Å². The molecule has 0 spiro atoms. The summed E-state index contributed by atoms with van der Waals surface area (Å²) in [5, 5.41) is 78.6. The van der Waals surface area contributed by atoms with Gasteiger partial charge in [0.1, 0.15) is 64.6 Å². The largest absolute Gasteiger partial charge is 1.00 e. The second-order valence-electron chi connectivity index (χ2n) is 27.8. The summed E-state index contributed by atoms with van der Waals surface area (Å²) in [5.74, 6) is -17.6. The Morgan fingerprint density at radius 1 is 0.433 bits per heavy atom. The maximum Gasteiger partial charge on any atom is 1.00 e. The van der Waals surface area contributed by atoms with Crippen LogP contribution in [0.1, 0.15) is 222 Å². The van der Waals surface area contributed by atoms with Crippen molar-refractivity contribution in [2.45, 2.75) is 284 Å². The van der Waals surface area contributed by atoms with Gasteiger partial charge in [-0.2, -0.15) is 0 Å². The van der Waals surface area contributed by atoms with Crippen LogP contribution in [-0.4, -0.2) is 283 Å². The molecule has 24 N–H and O–H groups in total. The fourth-order valence-corrected chi connectivity index (χ4v) is 6.46. The molecule has 8 unspecified atom stereocenters. The van der Waals surface area contributed by atoms with Crippen LogP contribution in [0.2, 0.25) is 0 Å². The minimum Gasteiger partial charge on any atom is -0.693 e. The molecule has 0 aromatic rings. The Balaban J connectivity index is -0.000000139. The first-order valence-electron chi connectivity index (χ1n) is 38.7. The summed E-state index contributed by atoms with van der Waals surface area (Å²) in [6.07, 6.45) is -6.76. The van der Waals surface area contributed by atoms with Crippen molar-refractivity contribution in [2.24, 2.45) is 22.9 Å². The number of esters is 6. The standard InChI is InChI=1S/C12H21NO6.C10H16N2O4.C10H18O5.2C7H11NO5.C7H13NO4.C5H8N2O2.2C5H9NO4.C4H6O3.ClH.H2N.Na/c1-12(2,3)19-11(16)13-8(10(15)18-5)6-7-9(14)17-4;1-10(2,3)16-9(15)11-6-4-5-7(13)12-8(6)14;1-9(2,3)14-7(11)13-8(12)15-10(4,5)6;2*1-4(9)8-5(7(12)13)2-3-6(10)11;1-11-6(9)4-3-5(8)7(10)12-2;6-3-1-2-4(8)7-5(3)9;2*6-3(5(9)10)1-2-4(7)8;1-3(5)7-4(2)6;;;/h8H,6-7H2,1-5H3,(H,13,16);6H,4-5H2,1-3H3,(H,11,15)(H,12,13,14);1-6H3;2*5H,2-3H2,1H3,(H,8,9)(H,10,11)(H,12,13);5H,3-4,8H2,1-2H3;3H,1-2,6H2,(H,7,8,9);2*3H,1-2,6H2,(H,7,8)(H,9,10);1-2H3;1H;1H2;/q;;;;;;;;;;;-1;+1/i8D;6D;;5D;;5D;2*3D;;;;;. The van der Waals surface area contributed by atoms with E-state index in [2.05, 4.69) is 44.4 Å². The van der Waals surface area contributed by atoms with E-state index in [1.165, 1.54) is 35.0 Å². The van der Waals surface area contributed by atoms with Crippen molar-refractivity contribution in [1.82, 2.24) is 31.9 Å². The first kappa shape index (κ1) is 124. The molecule has 55 heteroatoms. The van der Waals surface area contributed by atoms with Crippen molar-refractivity contribution in [3.05, 3.63) is 6.15 Å². The Kier molecular flexibility index (Phi) is 72.8. The third-order valence-corrected chi connectivity index (χ3v) is 11.7. The van der Waals surface area contributed by atoms with E-state index < -0.39 is 234 Å². The van der Waals surface area contributed by atoms with Crippen molar-refractivity contribution in [3.63, 3.8) is 0 Å². The van der Waals surface area contributed by atoms with Gasteiger partial charge in [-0.15, -0.1) is 12.4 Å². The number of carboxylic acids is 8. The van der Waals surface area contributed by atoms with Crippen molar-refractivity contribution >= 4 is 156 Å². The van der Waals surface area contributed by atoms with Crippen LogP contribution < -0.4 is 84.4 Å². The number of nitrogens with one attached hydrogen (secondary N) is 6. The summed E-state index contributed by atoms with van der Waals surface area (Å²) in [5.41, 5.74) is 17.5. The summed E-state index contributed by atoms with van der Waals surface area (Å²) in [6, 6.07) is -14.0. The number of halogens is 1. The number of carboxylic acid groups (broad SMARTS) is 8. The van der Waals surface area contributed by atoms with Crippen molar-refractivity contribution in [1.29, 1.82) is 0 Å². The average Bonchev–Trinajstić information content (AvgIpc) is 0.821. The van der Waals surface area contributed by atoms with E-state index in [0.717, 1.165) is 21.1 Å². The topological polar surface area (TPSA) is 874 Å². The number of carbonyl (C=O) groups is 24. The molecule has 8 amide bonds. The normalized spacial score (nSPS) is 16.7. The Hall–Kier alpha value is -11.6. The number of rotatable bonds is 28. The molecular weight excluding hydrogens is 1750 g/mol. The molecule has 127 heavy (non-hydrogen) atoms. The maximum atomic E-state index is 11.6. The quantitative estimate of drug-likeness (QED) is 0.0133. The second kappa shape index (κ2) is 74.6. The minimum absolute atomic E-state index is 0. The monoisotopic (exact) mass is 1880 g/mol. The van der Waals surface area contributed by atoms with Crippen LogP contribution in [0.3, 0.4) is 0 Å². The van der Waals surface area contributed by atoms with Crippen LogP contribution >= 0.6 is 12.4 Å². The summed E-state index contributed by atoms with van der Waals surface area (Å²) in [4.78, 5) is 255. The molecule has 2 rings (SSSR count). The van der Waals surface area contributed by atoms with E-state index in [1.807, 2.05) is 16.0 Å². The fraction of sp³-hybridized carbons (Fsp3) is 0.667. The van der Waals surface area contributed by atoms with E-state index in [-0.39, 0.29) is 131 Å². The van der Waals surface area contributed by atoms with Crippen LogP contribution in [0.25, 0.3) is 6.15 Å². The SMILES string of the molecule is CC(=O)NC(CCC(=O)O)C(=O)O.CC(=O)OC(C)=O.CC(C)(C)OC(=O)OC(=O)OC(C)(C)C.Cl.NC(CCC(=O)O)C(=O)O.[2H]C(CCC(=O)O)(NC(C)=O)C(=O)O.[2H]C(CCC(=O)OC)(NC(=O)OC(C)(C)C)C(=O)OC.[2H]C(N)(CCC(=O)O)C(=O)O.[2H]C(N)(CCC(=O)OC)C(=O)OC.[2H]C1(N)CCC(=O)NC1=O.[2H]C1(NC(=O)OC(C)(C)C)CCC(=O)NC1=O.[NH2-].[Na+]. The zero-order valence-corrected chi connectivity index (χ0v) is 77.0. The molecule has 2 saturated heterocycles. The van der Waals surface area contributed by atoms with Gasteiger partial charge >= 0.3 is 138 Å². The number of piperidine rings is 2. The first-order chi connectivity index (χ1) is 58.3. The number of nitrogens with two attached hydrogens (primary N) is 5. The molecule has 728 valence electrons. The Morgan fingerprint density at radius 3 is 1.10 bits per heavy atom. The number of imide groups is 2. The van der Waals surface area contributed by atoms with Gasteiger partial charge in [-0.1, -0.05) is 0 Å². The molecule has 0 bridgehead atoms. The van der Waals surface area contributed by atoms with Crippen LogP contribution in [0, 0.1) is 0 Å². The molecule has 2 aliphatic rings. The number of hydrogen-bond acceptors (Lipinski definition) is 38. The van der Waals surface area contributed by atoms with Gasteiger partial charge in [-0.3, -0.25) is 92.1 Å². The molecule has 0 aliphatic carbocycles. The summed E-state index contributed by atoms with van der Waals surface area (Å²) < 4.78 is 89.5. The number of hydrogen-bond donors (Lipinski definition) is 18. The second-order valence-corrected chi connectivity index (χ2v) is 27.8. The summed E-state index contributed by atoms with van der Waals surface area (Å²) in [7, 11) is 4.63. The van der Waals surface area contributed by atoms with Gasteiger partial charge in [0.2, 0.25) is 35.4 Å². The molecule has 0 aromatic carbocycles. The van der Waals surface area contributed by atoms with E-state index in [4.69, 9.17) is 91.0 Å². The summed E-state index contributed by atoms with van der Waals surface area (Å²) in [6.45, 7) is 24.6. The zero-order chi connectivity index (χ0) is 105. The Bertz CT molecular complexity index is 3860. The van der Waals surface area contributed by atoms with Crippen molar-refractivity contribution < 1.29 is 241 Å². The molecule has 2 fully saturated rings. The molecule has 8 atom stereocenters. The smallest absolute Gasteiger partial charge is 0.693 e. The fourth-order valence-electron chi connectivity index (χ4n) is 6.46. The van der Waals surface area contributed by atoms with E-state index >= 15 is 0 Å². The number of methoxy groups -OCH3 is 4. The van der Waals surface area contributed by atoms with Gasteiger partial charge in [0.05, 0.1) is 42.7 Å². The van der Waals surface area contributed by atoms with Gasteiger partial charge < -0.3 is 139 Å². The van der Waals surface area contributed by atoms with Gasteiger partial charge in [0.25, 0.3) is 0 Å². The van der Waals surface area contributed by atoms with Crippen LogP contribution in [0.5, 0.6) is 0 Å². The maximum absolute atomic E-state index is 11.6. The van der Waals surface area contributed by atoms with Crippen molar-refractivity contribution in [3.8, 4) is 0 Å². The third kappa shape index (κ3) is 99.7. The number of alkyl carbamates (subject to hydrolysis) is 2. The third-order valence-electron chi connectivity index (χ3n) is 11.7. The minimum atomic E-state index is -2.26. The molecular formula is C72H125ClN11NaO42. The van der Waals surface area contributed by atoms with Gasteiger partial charge in [0, 0.05) is 79.1 Å². The number of ether oxygens (including phenoxy) is 10. The van der Waals surface area contributed by atoms with Gasteiger partial charge in [-0.05, 0) is 134 Å². The summed E-state index contributed by atoms with van der Waals surface area (Å²) >= 11 is 0. The average molecular weight is 1880 g/mol. The van der Waals surface area contributed by atoms with Crippen LogP contribution in [-0.2, 0) is 143 Å². The Morgan fingerprint density at radius 2 is 0.787 bits per heavy atom. The molecule has 0 radical (unpaired) electrons. The molecule has 0 aromatic heterocycles. The molecule has 2 aliphatic heterocycles. The zero-order valence-electron chi connectivity index (χ0n) is 80.2. The number of aliphatic carboxylic acids is 8. The van der Waals surface area contributed by atoms with Gasteiger partial charge in [0.15, 0.2) is 0 Å². The van der Waals surface area contributed by atoms with Crippen LogP contribution in [0.15, 0.2) is 0 Å².